The summed E-state index contributed by atoms with van der Waals surface area (Å²) in [6, 6.07) is 3.12. The molecule has 2 rings (SSSR count). The first-order valence-electron chi connectivity index (χ1n) is 6.59. The maximum Gasteiger partial charge on any atom is 0.344 e. The minimum atomic E-state index is -0.580. The Labute approximate surface area is 133 Å². The number of ether oxygens (including phenoxy) is 1. The van der Waals surface area contributed by atoms with Gasteiger partial charge in [0.05, 0.1) is 10.6 Å². The van der Waals surface area contributed by atoms with E-state index in [4.69, 9.17) is 27.9 Å². The Kier molecular flexibility index (Phi) is 5.21. The van der Waals surface area contributed by atoms with Gasteiger partial charge in [-0.3, -0.25) is 4.79 Å². The number of hydrogen-bond donors (Lipinski definition) is 0. The van der Waals surface area contributed by atoms with Gasteiger partial charge in [0.25, 0.3) is 0 Å². The lowest BCUT2D eigenvalue weighted by molar-refractivity contribution is -0.115. The molecule has 0 atom stereocenters. The average molecular weight is 325 g/mol. The van der Waals surface area contributed by atoms with E-state index in [1.54, 1.807) is 18.2 Å². The number of allylic oxidation sites excluding steroid dienone is 3. The van der Waals surface area contributed by atoms with Crippen LogP contribution in [0.25, 0.3) is 6.08 Å². The van der Waals surface area contributed by atoms with Gasteiger partial charge in [0, 0.05) is 29.5 Å². The molecular formula is C16H14Cl2O3. The predicted molar refractivity (Wildman–Crippen MR) is 83.5 cm³/mol. The highest BCUT2D eigenvalue weighted by Crippen LogP contribution is 2.30. The second-order valence-corrected chi connectivity index (χ2v) is 5.43. The van der Waals surface area contributed by atoms with Crippen molar-refractivity contribution in [3.63, 3.8) is 0 Å². The minimum absolute atomic E-state index is 0.0270. The van der Waals surface area contributed by atoms with Gasteiger partial charge in [-0.05, 0) is 25.5 Å². The number of ketones is 1. The van der Waals surface area contributed by atoms with Crippen LogP contribution in [-0.2, 0) is 9.53 Å². The van der Waals surface area contributed by atoms with Crippen LogP contribution in [0, 0.1) is 0 Å². The topological polar surface area (TPSA) is 43.4 Å². The summed E-state index contributed by atoms with van der Waals surface area (Å²) in [5.41, 5.74) is 0.803. The van der Waals surface area contributed by atoms with Gasteiger partial charge < -0.3 is 4.74 Å². The molecule has 0 heterocycles. The van der Waals surface area contributed by atoms with Gasteiger partial charge in [-0.2, -0.15) is 0 Å². The summed E-state index contributed by atoms with van der Waals surface area (Å²) >= 11 is 12.3. The van der Waals surface area contributed by atoms with E-state index in [1.165, 1.54) is 12.1 Å². The molecule has 0 saturated carbocycles. The van der Waals surface area contributed by atoms with E-state index in [9.17, 15) is 9.59 Å². The first-order valence-corrected chi connectivity index (χ1v) is 7.34. The number of hydrogen-bond acceptors (Lipinski definition) is 3. The first kappa shape index (κ1) is 15.8. The van der Waals surface area contributed by atoms with Crippen LogP contribution in [0.15, 0.2) is 30.0 Å². The summed E-state index contributed by atoms with van der Waals surface area (Å²) in [6.07, 6.45) is 6.64. The van der Waals surface area contributed by atoms with E-state index >= 15 is 0 Å². The van der Waals surface area contributed by atoms with Crippen LogP contribution in [0.4, 0.5) is 0 Å². The van der Waals surface area contributed by atoms with Crippen molar-refractivity contribution in [1.82, 2.24) is 0 Å². The zero-order chi connectivity index (χ0) is 15.4. The molecule has 1 aromatic rings. The lowest BCUT2D eigenvalue weighted by atomic mass is 10.1. The molecule has 110 valence electrons. The monoisotopic (exact) mass is 324 g/mol. The molecule has 0 bridgehead atoms. The molecule has 0 radical (unpaired) electrons. The third-order valence-corrected chi connectivity index (χ3v) is 3.81. The summed E-state index contributed by atoms with van der Waals surface area (Å²) in [6.45, 7) is 1.83. The fourth-order valence-electron chi connectivity index (χ4n) is 2.06. The maximum atomic E-state index is 12.2. The van der Waals surface area contributed by atoms with E-state index in [2.05, 4.69) is 0 Å². The van der Waals surface area contributed by atoms with Gasteiger partial charge in [-0.15, -0.1) is 0 Å². The normalized spacial score (nSPS) is 15.2. The Morgan fingerprint density at radius 3 is 2.71 bits per heavy atom. The number of esters is 1. The number of carbonyl (C=O) groups is 2. The fourth-order valence-corrected chi connectivity index (χ4v) is 2.64. The van der Waals surface area contributed by atoms with Gasteiger partial charge in [-0.25, -0.2) is 4.79 Å². The molecule has 3 nitrogen and oxygen atoms in total. The van der Waals surface area contributed by atoms with Crippen LogP contribution in [0.2, 0.25) is 10.0 Å². The van der Waals surface area contributed by atoms with Gasteiger partial charge in [0.15, 0.2) is 5.78 Å². The van der Waals surface area contributed by atoms with E-state index in [0.717, 1.165) is 0 Å². The summed E-state index contributed by atoms with van der Waals surface area (Å²) in [5.74, 6) is -0.223. The van der Waals surface area contributed by atoms with Crippen molar-refractivity contribution >= 4 is 41.0 Å². The molecule has 5 heteroatoms. The zero-order valence-electron chi connectivity index (χ0n) is 11.5. The molecule has 0 fully saturated rings. The Hall–Kier alpha value is -1.58. The van der Waals surface area contributed by atoms with Gasteiger partial charge in [0.2, 0.25) is 0 Å². The molecule has 21 heavy (non-hydrogen) atoms. The van der Waals surface area contributed by atoms with Gasteiger partial charge in [-0.1, -0.05) is 35.4 Å². The van der Waals surface area contributed by atoms with Crippen LogP contribution in [0.1, 0.15) is 42.1 Å². The third-order valence-electron chi connectivity index (χ3n) is 3.07. The summed E-state index contributed by atoms with van der Waals surface area (Å²) in [4.78, 5) is 23.5. The Bertz CT molecular complexity index is 645. The number of carbonyl (C=O) groups excluding carboxylic acids is 2. The van der Waals surface area contributed by atoms with Gasteiger partial charge >= 0.3 is 5.97 Å². The van der Waals surface area contributed by atoms with Crippen LogP contribution < -0.4 is 0 Å². The molecule has 0 spiro atoms. The van der Waals surface area contributed by atoms with Crippen molar-refractivity contribution in [2.75, 3.05) is 0 Å². The van der Waals surface area contributed by atoms with Crippen molar-refractivity contribution in [3.8, 4) is 0 Å². The van der Waals surface area contributed by atoms with Crippen LogP contribution >= 0.6 is 23.2 Å². The van der Waals surface area contributed by atoms with E-state index in [1.807, 2.05) is 6.92 Å². The molecule has 1 aliphatic carbocycles. The molecule has 0 aliphatic heterocycles. The highest BCUT2D eigenvalue weighted by molar-refractivity contribution is 6.39. The van der Waals surface area contributed by atoms with E-state index in [-0.39, 0.29) is 16.4 Å². The predicted octanol–water partition coefficient (Wildman–Crippen LogP) is 4.82. The lowest BCUT2D eigenvalue weighted by Gasteiger charge is -2.13. The Morgan fingerprint density at radius 1 is 1.29 bits per heavy atom. The molecule has 0 unspecified atom stereocenters. The van der Waals surface area contributed by atoms with E-state index < -0.39 is 5.97 Å². The first-order chi connectivity index (χ1) is 10.0. The molecule has 0 saturated heterocycles. The number of rotatable bonds is 3. The highest BCUT2D eigenvalue weighted by atomic mass is 35.5. The fraction of sp³-hybridized carbons (Fsp3) is 0.250. The highest BCUT2D eigenvalue weighted by Gasteiger charge is 2.19. The molecule has 1 aliphatic rings. The minimum Gasteiger partial charge on any atom is -0.427 e. The van der Waals surface area contributed by atoms with Crippen molar-refractivity contribution < 1.29 is 14.3 Å². The summed E-state index contributed by atoms with van der Waals surface area (Å²) < 4.78 is 5.25. The van der Waals surface area contributed by atoms with Crippen molar-refractivity contribution in [2.24, 2.45) is 0 Å². The molecular weight excluding hydrogens is 311 g/mol. The Morgan fingerprint density at radius 2 is 2.05 bits per heavy atom. The standard InChI is InChI=1S/C16H14Cl2O3/c1-2-4-12-14(17)8-7-13(15(12)18)16(20)21-11-6-3-5-10(19)9-11/h2,4,7-9H,3,5-6H2,1H3/b4-2+. The zero-order valence-corrected chi connectivity index (χ0v) is 13.0. The third kappa shape index (κ3) is 3.74. The van der Waals surface area contributed by atoms with Crippen molar-refractivity contribution in [1.29, 1.82) is 0 Å². The maximum absolute atomic E-state index is 12.2. The summed E-state index contributed by atoms with van der Waals surface area (Å²) in [5, 5.41) is 0.704. The summed E-state index contributed by atoms with van der Waals surface area (Å²) in [7, 11) is 0. The second-order valence-electron chi connectivity index (χ2n) is 4.64. The van der Waals surface area contributed by atoms with E-state index in [0.29, 0.717) is 35.6 Å². The van der Waals surface area contributed by atoms with Gasteiger partial charge in [0.1, 0.15) is 5.76 Å². The van der Waals surface area contributed by atoms with Crippen LogP contribution in [-0.4, -0.2) is 11.8 Å². The number of benzene rings is 1. The largest absolute Gasteiger partial charge is 0.427 e. The molecule has 0 aromatic heterocycles. The van der Waals surface area contributed by atoms with Crippen molar-refractivity contribution in [3.05, 3.63) is 51.2 Å². The molecule has 1 aromatic carbocycles. The second kappa shape index (κ2) is 6.92. The van der Waals surface area contributed by atoms with Crippen molar-refractivity contribution in [2.45, 2.75) is 26.2 Å². The average Bonchev–Trinajstić information content (AvgIpc) is 2.43. The Balaban J connectivity index is 2.28. The van der Waals surface area contributed by atoms with Crippen LogP contribution in [0.5, 0.6) is 0 Å². The molecule has 0 amide bonds. The SMILES string of the molecule is C/C=C/c1c(Cl)ccc(C(=O)OC2=CC(=O)CCC2)c1Cl. The number of halogens is 2. The lowest BCUT2D eigenvalue weighted by Crippen LogP contribution is -2.11. The smallest absolute Gasteiger partial charge is 0.344 e. The van der Waals surface area contributed by atoms with Crippen LogP contribution in [0.3, 0.4) is 0 Å². The molecule has 0 N–H and O–H groups in total. The quantitative estimate of drug-likeness (QED) is 0.748.